The number of halogens is 2. The Labute approximate surface area is 195 Å². The predicted molar refractivity (Wildman–Crippen MR) is 129 cm³/mol. The maximum atomic E-state index is 13.4. The average molecular weight is 527 g/mol. The van der Waals surface area contributed by atoms with Crippen molar-refractivity contribution >= 4 is 29.9 Å². The number of nitrogens with zero attached hydrogens (tertiary/aromatic N) is 1. The van der Waals surface area contributed by atoms with E-state index in [1.165, 1.54) is 12.1 Å². The first kappa shape index (κ1) is 24.4. The van der Waals surface area contributed by atoms with Crippen molar-refractivity contribution in [3.63, 3.8) is 0 Å². The molecule has 164 valence electrons. The van der Waals surface area contributed by atoms with Crippen LogP contribution in [-0.2, 0) is 16.7 Å². The molecule has 0 atom stereocenters. The van der Waals surface area contributed by atoms with Gasteiger partial charge in [-0.1, -0.05) is 30.3 Å². The lowest BCUT2D eigenvalue weighted by molar-refractivity contribution is 0.0513. The van der Waals surface area contributed by atoms with E-state index in [1.807, 2.05) is 43.3 Å². The minimum absolute atomic E-state index is 0. The third kappa shape index (κ3) is 6.31. The fourth-order valence-electron chi connectivity index (χ4n) is 3.73. The number of aliphatic imine (C=N–C) groups is 1. The smallest absolute Gasteiger partial charge is 0.191 e. The van der Waals surface area contributed by atoms with Crippen LogP contribution in [0, 0.1) is 5.82 Å². The van der Waals surface area contributed by atoms with Gasteiger partial charge >= 0.3 is 0 Å². The van der Waals surface area contributed by atoms with Crippen molar-refractivity contribution in [2.45, 2.75) is 31.7 Å². The van der Waals surface area contributed by atoms with Crippen LogP contribution in [0.15, 0.2) is 53.5 Å². The first-order valence-corrected chi connectivity index (χ1v) is 10.1. The summed E-state index contributed by atoms with van der Waals surface area (Å²) >= 11 is 0. The quantitative estimate of drug-likeness (QED) is 0.321. The minimum atomic E-state index is -0.212. The van der Waals surface area contributed by atoms with Crippen molar-refractivity contribution in [2.24, 2.45) is 4.99 Å². The molecule has 0 bridgehead atoms. The number of guanidine groups is 1. The van der Waals surface area contributed by atoms with Gasteiger partial charge in [-0.15, -0.1) is 24.0 Å². The number of nitrogens with one attached hydrogen (secondary N) is 2. The largest absolute Gasteiger partial charge is 0.496 e. The highest BCUT2D eigenvalue weighted by Gasteiger charge is 2.34. The van der Waals surface area contributed by atoms with Gasteiger partial charge in [-0.05, 0) is 43.5 Å². The second-order valence-electron chi connectivity index (χ2n) is 7.26. The highest BCUT2D eigenvalue weighted by Crippen LogP contribution is 2.34. The molecule has 0 aromatic heterocycles. The number of rotatable bonds is 7. The van der Waals surface area contributed by atoms with Gasteiger partial charge in [0.05, 0.1) is 13.7 Å². The van der Waals surface area contributed by atoms with Crippen LogP contribution < -0.4 is 15.4 Å². The zero-order chi connectivity index (χ0) is 20.5. The maximum Gasteiger partial charge on any atom is 0.191 e. The fourth-order valence-corrected chi connectivity index (χ4v) is 3.73. The van der Waals surface area contributed by atoms with E-state index in [0.29, 0.717) is 26.3 Å². The van der Waals surface area contributed by atoms with E-state index >= 15 is 0 Å². The van der Waals surface area contributed by atoms with Gasteiger partial charge in [0, 0.05) is 37.3 Å². The van der Waals surface area contributed by atoms with Gasteiger partial charge in [-0.25, -0.2) is 9.38 Å². The number of para-hydroxylation sites is 1. The topological polar surface area (TPSA) is 54.9 Å². The highest BCUT2D eigenvalue weighted by atomic mass is 127. The van der Waals surface area contributed by atoms with Gasteiger partial charge in [0.2, 0.25) is 0 Å². The molecule has 1 heterocycles. The average Bonchev–Trinajstić information content (AvgIpc) is 2.77. The highest BCUT2D eigenvalue weighted by molar-refractivity contribution is 14.0. The van der Waals surface area contributed by atoms with Crippen LogP contribution in [0.25, 0.3) is 0 Å². The number of benzene rings is 2. The Morgan fingerprint density at radius 2 is 1.80 bits per heavy atom. The molecular weight excluding hydrogens is 496 g/mol. The van der Waals surface area contributed by atoms with Crippen molar-refractivity contribution in [2.75, 3.05) is 33.4 Å². The molecular formula is C23H31FIN3O2. The molecule has 0 unspecified atom stereocenters. The molecule has 1 fully saturated rings. The number of hydrogen-bond acceptors (Lipinski definition) is 3. The second kappa shape index (κ2) is 12.1. The Balaban J connectivity index is 0.00000320. The molecule has 0 spiro atoms. The van der Waals surface area contributed by atoms with Crippen molar-refractivity contribution in [1.29, 1.82) is 0 Å². The Morgan fingerprint density at radius 1 is 1.10 bits per heavy atom. The normalized spacial score (nSPS) is 15.8. The zero-order valence-corrected chi connectivity index (χ0v) is 19.9. The van der Waals surface area contributed by atoms with Crippen LogP contribution in [0.4, 0.5) is 4.39 Å². The van der Waals surface area contributed by atoms with Crippen molar-refractivity contribution in [1.82, 2.24) is 10.6 Å². The Kier molecular flexibility index (Phi) is 9.84. The van der Waals surface area contributed by atoms with Gasteiger partial charge in [0.15, 0.2) is 5.96 Å². The molecule has 0 aliphatic carbocycles. The van der Waals surface area contributed by atoms with E-state index in [-0.39, 0.29) is 35.2 Å². The predicted octanol–water partition coefficient (Wildman–Crippen LogP) is 4.26. The molecule has 2 aromatic rings. The number of methoxy groups -OCH3 is 1. The minimum Gasteiger partial charge on any atom is -0.496 e. The summed E-state index contributed by atoms with van der Waals surface area (Å²) in [6.45, 7) is 5.45. The molecule has 0 radical (unpaired) electrons. The first-order valence-electron chi connectivity index (χ1n) is 10.1. The summed E-state index contributed by atoms with van der Waals surface area (Å²) in [4.78, 5) is 4.74. The van der Waals surface area contributed by atoms with Crippen LogP contribution in [0.1, 0.15) is 30.9 Å². The Bertz CT molecular complexity index is 808. The lowest BCUT2D eigenvalue weighted by atomic mass is 9.74. The van der Waals surface area contributed by atoms with E-state index in [0.717, 1.165) is 42.2 Å². The van der Waals surface area contributed by atoms with Crippen LogP contribution in [0.3, 0.4) is 0 Å². The van der Waals surface area contributed by atoms with Crippen molar-refractivity contribution < 1.29 is 13.9 Å². The second-order valence-corrected chi connectivity index (χ2v) is 7.26. The third-order valence-electron chi connectivity index (χ3n) is 5.44. The standard InChI is InChI=1S/C23H30FN3O2.HI/c1-3-25-22(26-16-18-6-4-5-7-21(18)28-2)27-17-23(12-14-29-15-13-23)19-8-10-20(24)11-9-19;/h4-11H,3,12-17H2,1-2H3,(H2,25,26,27);1H. The number of hydrogen-bond donors (Lipinski definition) is 2. The van der Waals surface area contributed by atoms with Gasteiger partial charge in [0.1, 0.15) is 11.6 Å². The van der Waals surface area contributed by atoms with Crippen LogP contribution >= 0.6 is 24.0 Å². The molecule has 30 heavy (non-hydrogen) atoms. The first-order chi connectivity index (χ1) is 14.2. The summed E-state index contributed by atoms with van der Waals surface area (Å²) < 4.78 is 24.5. The summed E-state index contributed by atoms with van der Waals surface area (Å²) in [7, 11) is 1.67. The molecule has 5 nitrogen and oxygen atoms in total. The monoisotopic (exact) mass is 527 g/mol. The lowest BCUT2D eigenvalue weighted by Gasteiger charge is -2.38. The van der Waals surface area contributed by atoms with Crippen LogP contribution in [0.5, 0.6) is 5.75 Å². The summed E-state index contributed by atoms with van der Waals surface area (Å²) in [5.41, 5.74) is 2.06. The lowest BCUT2D eigenvalue weighted by Crippen LogP contribution is -2.48. The molecule has 1 aliphatic heterocycles. The van der Waals surface area contributed by atoms with E-state index < -0.39 is 0 Å². The van der Waals surface area contributed by atoms with E-state index in [4.69, 9.17) is 14.5 Å². The molecule has 1 aliphatic rings. The molecule has 3 rings (SSSR count). The van der Waals surface area contributed by atoms with Gasteiger partial charge < -0.3 is 20.1 Å². The van der Waals surface area contributed by atoms with Crippen molar-refractivity contribution in [3.8, 4) is 5.75 Å². The number of ether oxygens (including phenoxy) is 2. The zero-order valence-electron chi connectivity index (χ0n) is 17.6. The molecule has 1 saturated heterocycles. The SMILES string of the molecule is CCNC(=NCc1ccccc1OC)NCC1(c2ccc(F)cc2)CCOCC1.I. The Morgan fingerprint density at radius 3 is 2.47 bits per heavy atom. The van der Waals surface area contributed by atoms with Gasteiger partial charge in [0.25, 0.3) is 0 Å². The fraction of sp³-hybridized carbons (Fsp3) is 0.435. The van der Waals surface area contributed by atoms with E-state index in [2.05, 4.69) is 10.6 Å². The van der Waals surface area contributed by atoms with Crippen LogP contribution in [-0.4, -0.2) is 39.4 Å². The molecule has 0 saturated carbocycles. The van der Waals surface area contributed by atoms with Gasteiger partial charge in [-0.2, -0.15) is 0 Å². The summed E-state index contributed by atoms with van der Waals surface area (Å²) in [6, 6.07) is 14.7. The summed E-state index contributed by atoms with van der Waals surface area (Å²) in [6.07, 6.45) is 1.77. The van der Waals surface area contributed by atoms with E-state index in [1.54, 1.807) is 7.11 Å². The summed E-state index contributed by atoms with van der Waals surface area (Å²) in [5.74, 6) is 1.38. The molecule has 2 aromatic carbocycles. The van der Waals surface area contributed by atoms with E-state index in [9.17, 15) is 4.39 Å². The summed E-state index contributed by atoms with van der Waals surface area (Å²) in [5, 5.41) is 6.82. The molecule has 0 amide bonds. The third-order valence-corrected chi connectivity index (χ3v) is 5.44. The van der Waals surface area contributed by atoms with Crippen molar-refractivity contribution in [3.05, 3.63) is 65.5 Å². The Hall–Kier alpha value is -1.87. The van der Waals surface area contributed by atoms with Crippen LogP contribution in [0.2, 0.25) is 0 Å². The van der Waals surface area contributed by atoms with Gasteiger partial charge in [-0.3, -0.25) is 0 Å². The molecule has 2 N–H and O–H groups in total. The molecule has 7 heteroatoms. The maximum absolute atomic E-state index is 13.4.